The largest absolute Gasteiger partial charge is 0.497 e. The lowest BCUT2D eigenvalue weighted by Crippen LogP contribution is -2.06. The minimum absolute atomic E-state index is 0.296. The van der Waals surface area contributed by atoms with E-state index in [-0.39, 0.29) is 0 Å². The van der Waals surface area contributed by atoms with E-state index in [9.17, 15) is 22.8 Å². The lowest BCUT2D eigenvalue weighted by atomic mass is 9.99. The minimum Gasteiger partial charge on any atom is -0.497 e. The second kappa shape index (κ2) is 44.8. The molecule has 5 unspecified atom stereocenters. The fourth-order valence-corrected chi connectivity index (χ4v) is 21.3. The van der Waals surface area contributed by atoms with Crippen molar-refractivity contribution in [2.24, 2.45) is 0 Å². The number of methoxy groups -OCH3 is 2. The zero-order valence-corrected chi connectivity index (χ0v) is 77.0. The quantitative estimate of drug-likeness (QED) is 0.0440. The average Bonchev–Trinajstić information content (AvgIpc) is 0.729. The summed E-state index contributed by atoms with van der Waals surface area (Å²) in [5, 5.41) is 3.14. The van der Waals surface area contributed by atoms with Gasteiger partial charge in [-0.2, -0.15) is 0 Å². The molecule has 0 spiro atoms. The summed E-state index contributed by atoms with van der Waals surface area (Å²) < 4.78 is 133. The van der Waals surface area contributed by atoms with Crippen LogP contribution >= 0.6 is 38.0 Å². The van der Waals surface area contributed by atoms with Gasteiger partial charge in [0.2, 0.25) is 0 Å². The first kappa shape index (κ1) is 94.2. The van der Waals surface area contributed by atoms with E-state index in [0.29, 0.717) is 77.3 Å². The van der Waals surface area contributed by atoms with Crippen LogP contribution in [0.5, 0.6) is 11.5 Å². The molecule has 5 atom stereocenters. The van der Waals surface area contributed by atoms with Crippen LogP contribution in [0.3, 0.4) is 0 Å². The van der Waals surface area contributed by atoms with Crippen molar-refractivity contribution in [1.82, 2.24) is 0 Å². The molecule has 22 heteroatoms. The highest BCUT2D eigenvalue weighted by molar-refractivity contribution is 7.65. The molecule has 17 nitrogen and oxygen atoms in total. The van der Waals surface area contributed by atoms with Gasteiger partial charge in [0.25, 0.3) is 0 Å². The number of hydrogen-bond acceptors (Lipinski definition) is 17. The molecule has 9 aromatic carbocycles. The van der Waals surface area contributed by atoms with E-state index in [1.165, 1.54) is 11.1 Å². The Morgan fingerprint density at radius 1 is 0.262 bits per heavy atom. The number of ether oxygens (including phenoxy) is 2. The van der Waals surface area contributed by atoms with Gasteiger partial charge in [-0.05, 0) is 196 Å². The summed E-state index contributed by atoms with van der Waals surface area (Å²) in [5.41, 5.74) is 15.4. The first-order chi connectivity index (χ1) is 58.8. The number of unbranched alkanes of at least 4 members (excludes halogenated alkanes) is 2. The third-order valence-corrected chi connectivity index (χ3v) is 30.0. The van der Waals surface area contributed by atoms with Crippen LogP contribution in [0, 0.1) is 13.8 Å². The fraction of sp³-hybridized carbons (Fsp3) is 0.260. The van der Waals surface area contributed by atoms with E-state index in [1.54, 1.807) is 35.0 Å². The molecule has 0 aliphatic carbocycles. The van der Waals surface area contributed by atoms with Gasteiger partial charge in [-0.25, -0.2) is 22.8 Å². The van der Waals surface area contributed by atoms with Gasteiger partial charge in [0, 0.05) is 51.0 Å². The summed E-state index contributed by atoms with van der Waals surface area (Å²) in [5.74, 6) is 4.71. The maximum atomic E-state index is 13.8. The summed E-state index contributed by atoms with van der Waals surface area (Å²) >= 11 is 0. The highest BCUT2D eigenvalue weighted by Crippen LogP contribution is 2.68. The fourth-order valence-electron chi connectivity index (χ4n) is 13.5. The minimum atomic E-state index is -3.52. The molecule has 0 saturated carbocycles. The third kappa shape index (κ3) is 24.0. The van der Waals surface area contributed by atoms with E-state index in [4.69, 9.17) is 54.7 Å². The highest BCUT2D eigenvalue weighted by atomic mass is 31.2. The van der Waals surface area contributed by atoms with Crippen molar-refractivity contribution in [2.45, 2.75) is 129 Å². The van der Waals surface area contributed by atoms with Crippen molar-refractivity contribution >= 4 is 88.6 Å². The van der Waals surface area contributed by atoms with Gasteiger partial charge in [0.15, 0.2) is 0 Å². The third-order valence-electron chi connectivity index (χ3n) is 20.0. The zero-order valence-electron chi connectivity index (χ0n) is 72.5. The zero-order chi connectivity index (χ0) is 87.5. The van der Waals surface area contributed by atoms with Crippen LogP contribution in [0.15, 0.2) is 312 Å². The molecule has 0 fully saturated rings. The number of allylic oxidation sites excluding steroid dienone is 15. The Kier molecular flexibility index (Phi) is 34.6. The van der Waals surface area contributed by atoms with Crippen LogP contribution < -0.4 is 9.47 Å². The first-order valence-electron chi connectivity index (χ1n) is 41.4. The molecule has 0 radical (unpaired) electrons. The molecule has 5 heterocycles. The predicted octanol–water partition coefficient (Wildman–Crippen LogP) is 30.4. The Morgan fingerprint density at radius 3 is 0.852 bits per heavy atom. The standard InChI is InChI=1S/C24H21O3P.2C21H23O4P.C19H19O3P.C15H27O3P/c1-2-26-28(25)23(20-14-8-4-9-15-20)18-22(19-12-6-3-7-13-19)24(27-28)21-16-10-5-11-17-21;1-5-24-26(22)16(3)14-20(17-10-12-19(23-4)13-11-17)21(25-26)18-8-6-15(2)7-9-18;1-5-24-26(22)16(3)14-20(17-8-6-15(2)7-9-17)21(25-26)18-10-12-19(23-4)13-11-18;1-3-21-23(20)15(2)14-18(16-10-6-4-7-11-16)19(22-23)17-12-8-5-9-13-17;1-5-8-10-14-12-13(4)19(16,17-7-3)18-15(14)11-9-6-2/h3-18H,2H2,1H3;2*6-14H,5H2,1-4H3;4-14H,3H2,1-2H3;12H,5-11H2,1-4H3. The SMILES string of the molecule is CCCCC1=C(CCCC)OP(=O)(OCC)C(C)=C1.CCOP1(=O)OC(c2ccc(C)cc2)=C(c2ccc(OC)cc2)C=C1C.CCOP1(=O)OC(c2ccc(OC)cc2)=C(c2ccc(C)cc2)C=C1C.CCOP1(=O)OC(c2ccccc2)=C(c2ccccc2)C=C1C.CCOP1(=O)OC(c2ccccc2)=C(c2ccccc2)C=C1c1ccccc1. The summed E-state index contributed by atoms with van der Waals surface area (Å²) in [6, 6.07) is 80.4. The van der Waals surface area contributed by atoms with Crippen molar-refractivity contribution in [3.63, 3.8) is 0 Å². The molecule has 122 heavy (non-hydrogen) atoms. The van der Waals surface area contributed by atoms with Crippen molar-refractivity contribution in [1.29, 1.82) is 0 Å². The molecule has 5 aliphatic rings. The Morgan fingerprint density at radius 2 is 0.516 bits per heavy atom. The summed E-state index contributed by atoms with van der Waals surface area (Å²) in [7, 11) is -13.3. The molecule has 0 aromatic heterocycles. The van der Waals surface area contributed by atoms with Crippen LogP contribution in [0.1, 0.15) is 176 Å². The molecule has 640 valence electrons. The van der Waals surface area contributed by atoms with E-state index in [1.807, 2.05) is 334 Å². The van der Waals surface area contributed by atoms with Crippen LogP contribution in [0.2, 0.25) is 0 Å². The number of aryl methyl sites for hydroxylation is 2. The Hall–Kier alpha value is -10.1. The number of hydrogen-bond donors (Lipinski definition) is 0. The van der Waals surface area contributed by atoms with Crippen molar-refractivity contribution in [2.75, 3.05) is 47.3 Å². The summed E-state index contributed by atoms with van der Waals surface area (Å²) in [4.78, 5) is 0. The molecule has 14 rings (SSSR count). The molecule has 0 bridgehead atoms. The predicted molar refractivity (Wildman–Crippen MR) is 498 cm³/mol. The Balaban J connectivity index is 0.000000161. The van der Waals surface area contributed by atoms with Gasteiger partial charge >= 0.3 is 38.0 Å². The molecular formula is C100H113O17P5. The van der Waals surface area contributed by atoms with Crippen LogP contribution in [-0.2, 0) is 68.1 Å². The van der Waals surface area contributed by atoms with Gasteiger partial charge in [0.1, 0.15) is 40.3 Å². The highest BCUT2D eigenvalue weighted by Gasteiger charge is 2.41. The Bertz CT molecular complexity index is 5610. The van der Waals surface area contributed by atoms with Gasteiger partial charge in [-0.15, -0.1) is 0 Å². The molecule has 0 N–H and O–H groups in total. The monoisotopic (exact) mass is 1740 g/mol. The molecular weight excluding hydrogens is 1630 g/mol. The maximum Gasteiger partial charge on any atom is 0.411 e. The van der Waals surface area contributed by atoms with E-state index in [0.717, 1.165) is 139 Å². The van der Waals surface area contributed by atoms with Crippen LogP contribution in [0.4, 0.5) is 0 Å². The molecule has 5 aliphatic heterocycles. The second-order valence-electron chi connectivity index (χ2n) is 28.9. The molecule has 0 amide bonds. The number of rotatable bonds is 27. The topological polar surface area (TPSA) is 196 Å². The van der Waals surface area contributed by atoms with Crippen LogP contribution in [-0.4, -0.2) is 47.3 Å². The first-order valence-corrected chi connectivity index (χ1v) is 49.1. The van der Waals surface area contributed by atoms with E-state index in [2.05, 4.69) is 13.8 Å². The molecule has 9 aromatic rings. The Labute approximate surface area is 721 Å². The second-order valence-corrected chi connectivity index (χ2v) is 39.3. The normalized spacial score (nSPS) is 20.4. The van der Waals surface area contributed by atoms with Crippen LogP contribution in [0.25, 0.3) is 50.6 Å². The summed E-state index contributed by atoms with van der Waals surface area (Å²) in [6.07, 6.45) is 16.0. The maximum absolute atomic E-state index is 13.8. The lowest BCUT2D eigenvalue weighted by molar-refractivity contribution is 0.246. The van der Waals surface area contributed by atoms with Crippen molar-refractivity contribution in [3.8, 4) is 11.5 Å². The number of benzene rings is 9. The van der Waals surface area contributed by atoms with Gasteiger partial charge < -0.3 is 32.1 Å². The lowest BCUT2D eigenvalue weighted by Gasteiger charge is -2.29. The average molecular weight is 1740 g/mol. The van der Waals surface area contributed by atoms with E-state index < -0.39 is 38.0 Å². The smallest absolute Gasteiger partial charge is 0.411 e. The van der Waals surface area contributed by atoms with Crippen molar-refractivity contribution < 1.29 is 77.5 Å². The molecule has 0 saturated heterocycles. The van der Waals surface area contributed by atoms with Gasteiger partial charge in [0.05, 0.1) is 73.8 Å². The summed E-state index contributed by atoms with van der Waals surface area (Å²) in [6.45, 7) is 26.4. The van der Waals surface area contributed by atoms with Gasteiger partial charge in [-0.3, -0.25) is 22.6 Å². The van der Waals surface area contributed by atoms with Crippen molar-refractivity contribution in [3.05, 3.63) is 373 Å². The van der Waals surface area contributed by atoms with Gasteiger partial charge in [-0.1, -0.05) is 250 Å². The van der Waals surface area contributed by atoms with E-state index >= 15 is 0 Å².